The van der Waals surface area contributed by atoms with Crippen LogP contribution in [0.15, 0.2) is 29.2 Å². The highest BCUT2D eigenvalue weighted by Gasteiger charge is 2.28. The molecule has 10 heteroatoms. The van der Waals surface area contributed by atoms with E-state index >= 15 is 0 Å². The Bertz CT molecular complexity index is 766. The fraction of sp³-hybridized carbons (Fsp3) is 0.562. The third kappa shape index (κ3) is 4.77. The van der Waals surface area contributed by atoms with E-state index in [1.807, 2.05) is 7.05 Å². The lowest BCUT2D eigenvalue weighted by Crippen LogP contribution is -2.46. The lowest BCUT2D eigenvalue weighted by atomic mass is 9.98. The molecule has 1 aliphatic rings. The van der Waals surface area contributed by atoms with Gasteiger partial charge in [-0.25, -0.2) is 8.42 Å². The molecule has 1 atom stereocenters. The fourth-order valence-electron chi connectivity index (χ4n) is 3.06. The lowest BCUT2D eigenvalue weighted by Gasteiger charge is -2.33. The van der Waals surface area contributed by atoms with Gasteiger partial charge in [-0.15, -0.1) is 0 Å². The number of carbonyl (C=O) groups is 1. The van der Waals surface area contributed by atoms with Gasteiger partial charge in [0.2, 0.25) is 15.9 Å². The zero-order valence-electron chi connectivity index (χ0n) is 14.9. The van der Waals surface area contributed by atoms with Crippen LogP contribution in [0, 0.1) is 16.0 Å². The first-order valence-corrected chi connectivity index (χ1v) is 9.83. The van der Waals surface area contributed by atoms with Crippen molar-refractivity contribution in [1.82, 2.24) is 14.5 Å². The summed E-state index contributed by atoms with van der Waals surface area (Å²) in [5.41, 5.74) is -0.309. The Hall–Kier alpha value is -2.04. The number of sulfonamides is 1. The van der Waals surface area contributed by atoms with Crippen LogP contribution >= 0.6 is 0 Å². The van der Waals surface area contributed by atoms with Crippen LogP contribution in [0.1, 0.15) is 12.8 Å². The van der Waals surface area contributed by atoms with Gasteiger partial charge in [-0.2, -0.15) is 4.31 Å². The lowest BCUT2D eigenvalue weighted by molar-refractivity contribution is -0.385. The predicted molar refractivity (Wildman–Crippen MR) is 96.1 cm³/mol. The van der Waals surface area contributed by atoms with Crippen molar-refractivity contribution in [2.45, 2.75) is 17.7 Å². The van der Waals surface area contributed by atoms with Crippen LogP contribution in [-0.4, -0.2) is 68.7 Å². The van der Waals surface area contributed by atoms with Gasteiger partial charge < -0.3 is 10.2 Å². The van der Waals surface area contributed by atoms with Crippen LogP contribution in [0.25, 0.3) is 0 Å². The number of likely N-dealkylation sites (tertiary alicyclic amines) is 1. The number of likely N-dealkylation sites (N-methyl/N-ethyl adjacent to an activating group) is 1. The Balaban J connectivity index is 2.08. The highest BCUT2D eigenvalue weighted by molar-refractivity contribution is 7.89. The number of piperidine rings is 1. The number of benzene rings is 1. The number of non-ortho nitro benzene ring substituents is 1. The molecule has 1 fully saturated rings. The van der Waals surface area contributed by atoms with E-state index in [2.05, 4.69) is 5.32 Å². The summed E-state index contributed by atoms with van der Waals surface area (Å²) in [6.07, 6.45) is 1.92. The summed E-state index contributed by atoms with van der Waals surface area (Å²) in [4.78, 5) is 24.2. The van der Waals surface area contributed by atoms with Crippen molar-refractivity contribution in [2.24, 2.45) is 5.92 Å². The van der Waals surface area contributed by atoms with Gasteiger partial charge in [-0.1, -0.05) is 6.07 Å². The van der Waals surface area contributed by atoms with Gasteiger partial charge in [0.05, 0.1) is 16.4 Å². The largest absolute Gasteiger partial charge is 0.341 e. The van der Waals surface area contributed by atoms with Crippen LogP contribution in [-0.2, 0) is 14.8 Å². The minimum atomic E-state index is -3.98. The van der Waals surface area contributed by atoms with Crippen molar-refractivity contribution in [2.75, 3.05) is 40.3 Å². The third-order valence-electron chi connectivity index (χ3n) is 4.46. The molecule has 1 unspecified atom stereocenters. The molecule has 1 N–H and O–H groups in total. The van der Waals surface area contributed by atoms with Crippen LogP contribution in [0.2, 0.25) is 0 Å². The number of rotatable bonds is 7. The Morgan fingerprint density at radius 1 is 1.46 bits per heavy atom. The smallest absolute Gasteiger partial charge is 0.270 e. The second-order valence-corrected chi connectivity index (χ2v) is 8.47. The topological polar surface area (TPSA) is 113 Å². The molecule has 1 aromatic carbocycles. The van der Waals surface area contributed by atoms with E-state index in [4.69, 9.17) is 0 Å². The molecule has 1 saturated heterocycles. The van der Waals surface area contributed by atoms with E-state index in [1.165, 1.54) is 25.2 Å². The standard InChI is InChI=1S/C16H24N4O5S/c1-17-10-13-5-4-8-19(11-13)16(21)12-18(2)26(24,25)15-7-3-6-14(9-15)20(22)23/h3,6-7,9,13,17H,4-5,8,10-12H2,1-2H3. The van der Waals surface area contributed by atoms with Crippen molar-refractivity contribution >= 4 is 21.6 Å². The summed E-state index contributed by atoms with van der Waals surface area (Å²) in [5, 5.41) is 13.9. The molecule has 26 heavy (non-hydrogen) atoms. The molecule has 0 aromatic heterocycles. The Morgan fingerprint density at radius 2 is 2.19 bits per heavy atom. The van der Waals surface area contributed by atoms with Gasteiger partial charge in [-0.05, 0) is 38.4 Å². The number of hydrogen-bond acceptors (Lipinski definition) is 6. The van der Waals surface area contributed by atoms with E-state index in [-0.39, 0.29) is 23.0 Å². The zero-order valence-corrected chi connectivity index (χ0v) is 15.7. The van der Waals surface area contributed by atoms with Gasteiger partial charge in [0.15, 0.2) is 0 Å². The molecule has 0 saturated carbocycles. The summed E-state index contributed by atoms with van der Waals surface area (Å²) >= 11 is 0. The van der Waals surface area contributed by atoms with Gasteiger partial charge in [-0.3, -0.25) is 14.9 Å². The minimum absolute atomic E-state index is 0.200. The first-order valence-electron chi connectivity index (χ1n) is 8.39. The maximum atomic E-state index is 12.6. The Labute approximate surface area is 153 Å². The first kappa shape index (κ1) is 20.3. The Kier molecular flexibility index (Phi) is 6.68. The second-order valence-electron chi connectivity index (χ2n) is 6.42. The molecule has 0 spiro atoms. The van der Waals surface area contributed by atoms with Crippen LogP contribution in [0.4, 0.5) is 5.69 Å². The normalized spacial score (nSPS) is 18.1. The van der Waals surface area contributed by atoms with E-state index in [0.717, 1.165) is 29.8 Å². The van der Waals surface area contributed by atoms with Gasteiger partial charge >= 0.3 is 0 Å². The van der Waals surface area contributed by atoms with Crippen LogP contribution in [0.3, 0.4) is 0 Å². The molecule has 0 bridgehead atoms. The van der Waals surface area contributed by atoms with E-state index in [0.29, 0.717) is 19.0 Å². The number of nitrogens with zero attached hydrogens (tertiary/aromatic N) is 3. The monoisotopic (exact) mass is 384 g/mol. The predicted octanol–water partition coefficient (Wildman–Crippen LogP) is 0.673. The van der Waals surface area contributed by atoms with Crippen LogP contribution in [0.5, 0.6) is 0 Å². The number of nitro benzene ring substituents is 1. The van der Waals surface area contributed by atoms with E-state index in [9.17, 15) is 23.3 Å². The molecule has 0 radical (unpaired) electrons. The Morgan fingerprint density at radius 3 is 2.85 bits per heavy atom. The number of nitro groups is 1. The average Bonchev–Trinajstić information content (AvgIpc) is 2.62. The molecule has 1 aliphatic heterocycles. The van der Waals surface area contributed by atoms with Crippen molar-refractivity contribution in [1.29, 1.82) is 0 Å². The second kappa shape index (κ2) is 8.56. The number of nitrogens with one attached hydrogen (secondary N) is 1. The molecule has 1 aromatic rings. The van der Waals surface area contributed by atoms with Crippen molar-refractivity contribution in [3.63, 3.8) is 0 Å². The number of amides is 1. The van der Waals surface area contributed by atoms with Crippen molar-refractivity contribution in [3.05, 3.63) is 34.4 Å². The molecule has 1 amide bonds. The van der Waals surface area contributed by atoms with Gasteiger partial charge in [0, 0.05) is 32.3 Å². The molecule has 144 valence electrons. The minimum Gasteiger partial charge on any atom is -0.341 e. The first-order chi connectivity index (χ1) is 12.3. The van der Waals surface area contributed by atoms with Crippen molar-refractivity contribution < 1.29 is 18.1 Å². The highest BCUT2D eigenvalue weighted by Crippen LogP contribution is 2.21. The summed E-state index contributed by atoms with van der Waals surface area (Å²) in [5.74, 6) is 0.0960. The molecular weight excluding hydrogens is 360 g/mol. The van der Waals surface area contributed by atoms with E-state index in [1.54, 1.807) is 4.90 Å². The summed E-state index contributed by atoms with van der Waals surface area (Å²) < 4.78 is 26.2. The van der Waals surface area contributed by atoms with E-state index < -0.39 is 14.9 Å². The third-order valence-corrected chi connectivity index (χ3v) is 6.26. The summed E-state index contributed by atoms with van der Waals surface area (Å²) in [6, 6.07) is 4.82. The maximum absolute atomic E-state index is 12.6. The molecule has 0 aliphatic carbocycles. The molecule has 9 nitrogen and oxygen atoms in total. The van der Waals surface area contributed by atoms with Crippen LogP contribution < -0.4 is 5.32 Å². The molecular formula is C16H24N4O5S. The average molecular weight is 384 g/mol. The van der Waals surface area contributed by atoms with Gasteiger partial charge in [0.25, 0.3) is 5.69 Å². The SMILES string of the molecule is CNCC1CCCN(C(=O)CN(C)S(=O)(=O)c2cccc([N+](=O)[O-])c2)C1. The van der Waals surface area contributed by atoms with Crippen molar-refractivity contribution in [3.8, 4) is 0 Å². The maximum Gasteiger partial charge on any atom is 0.270 e. The van der Waals surface area contributed by atoms with Gasteiger partial charge in [0.1, 0.15) is 0 Å². The summed E-state index contributed by atoms with van der Waals surface area (Å²) in [6.45, 7) is 1.73. The number of hydrogen-bond donors (Lipinski definition) is 1. The summed E-state index contributed by atoms with van der Waals surface area (Å²) in [7, 11) is -0.816. The number of carbonyl (C=O) groups excluding carboxylic acids is 1. The highest BCUT2D eigenvalue weighted by atomic mass is 32.2. The zero-order chi connectivity index (χ0) is 19.3. The molecule has 2 rings (SSSR count). The fourth-order valence-corrected chi connectivity index (χ4v) is 4.22. The molecule has 1 heterocycles. The quantitative estimate of drug-likeness (QED) is 0.546.